The first-order valence-corrected chi connectivity index (χ1v) is 12.9. The van der Waals surface area contributed by atoms with Crippen LogP contribution in [0.1, 0.15) is 61.0 Å². The maximum atomic E-state index is 13.4. The van der Waals surface area contributed by atoms with Crippen LogP contribution in [-0.4, -0.2) is 70.3 Å². The minimum absolute atomic E-state index is 0.0623. The Balaban J connectivity index is 1.42. The number of aryl methyl sites for hydroxylation is 1. The zero-order valence-corrected chi connectivity index (χ0v) is 20.7. The summed E-state index contributed by atoms with van der Waals surface area (Å²) in [4.78, 5) is 42.2. The van der Waals surface area contributed by atoms with Crippen molar-refractivity contribution in [2.45, 2.75) is 52.0 Å². The molecule has 9 nitrogen and oxygen atoms in total. The van der Waals surface area contributed by atoms with Crippen LogP contribution < -0.4 is 16.2 Å². The van der Waals surface area contributed by atoms with E-state index in [1.54, 1.807) is 10.8 Å². The molecule has 2 fully saturated rings. The molecule has 2 N–H and O–H groups in total. The minimum Gasteiger partial charge on any atom is -0.314 e. The summed E-state index contributed by atoms with van der Waals surface area (Å²) in [5.41, 5.74) is 1.26. The minimum atomic E-state index is -0.235. The maximum absolute atomic E-state index is 13.4. The number of nitrogens with zero attached hydrogens (tertiary/aromatic N) is 5. The van der Waals surface area contributed by atoms with Crippen molar-refractivity contribution in [2.75, 3.05) is 44.6 Å². The Bertz CT molecular complexity index is 1220. The maximum Gasteiger partial charge on any atom is 0.263 e. The number of pyridine rings is 1. The Hall–Kier alpha value is -2.91. The van der Waals surface area contributed by atoms with Gasteiger partial charge in [-0.25, -0.2) is 4.98 Å². The third-order valence-corrected chi connectivity index (χ3v) is 7.50. The highest BCUT2D eigenvalue weighted by Gasteiger charge is 2.26. The van der Waals surface area contributed by atoms with Crippen LogP contribution in [0.3, 0.4) is 0 Å². The van der Waals surface area contributed by atoms with Crippen LogP contribution in [0.5, 0.6) is 0 Å². The molecule has 2 aromatic heterocycles. The van der Waals surface area contributed by atoms with Gasteiger partial charge < -0.3 is 15.5 Å². The van der Waals surface area contributed by atoms with E-state index in [0.29, 0.717) is 23.1 Å². The van der Waals surface area contributed by atoms with Gasteiger partial charge in [-0.05, 0) is 50.7 Å². The zero-order chi connectivity index (χ0) is 24.4. The number of piperazine rings is 1. The van der Waals surface area contributed by atoms with E-state index < -0.39 is 0 Å². The SMILES string of the molecule is CC(=O)c1c(C)c2cnc(NC3=NCCC(CN4CCNCC4)C=C3)nc2n(C2CCCC2)c1=O. The number of aliphatic imine (C=N–C) groups is 1. The zero-order valence-electron chi connectivity index (χ0n) is 20.7. The van der Waals surface area contributed by atoms with Gasteiger partial charge in [0, 0.05) is 56.9 Å². The monoisotopic (exact) mass is 477 g/mol. The third kappa shape index (κ3) is 5.06. The Morgan fingerprint density at radius 3 is 2.71 bits per heavy atom. The van der Waals surface area contributed by atoms with Crippen LogP contribution in [0, 0.1) is 12.8 Å². The number of hydrogen-bond acceptors (Lipinski definition) is 8. The summed E-state index contributed by atoms with van der Waals surface area (Å²) in [5.74, 6) is 1.41. The molecular weight excluding hydrogens is 442 g/mol. The number of hydrogen-bond donors (Lipinski definition) is 2. The van der Waals surface area contributed by atoms with Crippen LogP contribution in [0.4, 0.5) is 5.95 Å². The van der Waals surface area contributed by atoms with Crippen molar-refractivity contribution in [3.63, 3.8) is 0 Å². The predicted molar refractivity (Wildman–Crippen MR) is 139 cm³/mol. The van der Waals surface area contributed by atoms with Gasteiger partial charge in [0.15, 0.2) is 5.78 Å². The van der Waals surface area contributed by atoms with Gasteiger partial charge in [0.05, 0.1) is 5.56 Å². The third-order valence-electron chi connectivity index (χ3n) is 7.50. The molecule has 9 heteroatoms. The van der Waals surface area contributed by atoms with E-state index >= 15 is 0 Å². The number of carbonyl (C=O) groups is 1. The molecule has 1 aliphatic carbocycles. The topological polar surface area (TPSA) is 105 Å². The fourth-order valence-corrected chi connectivity index (χ4v) is 5.61. The summed E-state index contributed by atoms with van der Waals surface area (Å²) >= 11 is 0. The van der Waals surface area contributed by atoms with Crippen molar-refractivity contribution in [3.8, 4) is 0 Å². The molecule has 1 atom stereocenters. The molecule has 0 aromatic carbocycles. The van der Waals surface area contributed by atoms with Gasteiger partial charge in [-0.1, -0.05) is 18.9 Å². The van der Waals surface area contributed by atoms with Crippen LogP contribution >= 0.6 is 0 Å². The van der Waals surface area contributed by atoms with Gasteiger partial charge >= 0.3 is 0 Å². The first-order chi connectivity index (χ1) is 17.0. The summed E-state index contributed by atoms with van der Waals surface area (Å²) in [6, 6.07) is 0.0623. The highest BCUT2D eigenvalue weighted by Crippen LogP contribution is 2.31. The molecule has 5 rings (SSSR count). The number of nitrogens with one attached hydrogen (secondary N) is 2. The number of amidine groups is 1. The van der Waals surface area contributed by atoms with Gasteiger partial charge in [0.1, 0.15) is 11.5 Å². The Morgan fingerprint density at radius 1 is 1.20 bits per heavy atom. The van der Waals surface area contributed by atoms with Crippen molar-refractivity contribution in [1.82, 2.24) is 24.8 Å². The number of rotatable bonds is 5. The van der Waals surface area contributed by atoms with Crippen LogP contribution in [0.2, 0.25) is 0 Å². The molecule has 3 aliphatic rings. The molecule has 4 heterocycles. The van der Waals surface area contributed by atoms with Crippen molar-refractivity contribution in [2.24, 2.45) is 10.9 Å². The lowest BCUT2D eigenvalue weighted by Gasteiger charge is -2.29. The highest BCUT2D eigenvalue weighted by molar-refractivity contribution is 6.03. The summed E-state index contributed by atoms with van der Waals surface area (Å²) in [6.45, 7) is 9.36. The normalized spacial score (nSPS) is 21.8. The Kier molecular flexibility index (Phi) is 7.06. The summed E-state index contributed by atoms with van der Waals surface area (Å²) < 4.78 is 1.74. The lowest BCUT2D eigenvalue weighted by Crippen LogP contribution is -2.45. The molecule has 0 bridgehead atoms. The molecule has 0 spiro atoms. The fraction of sp³-hybridized carbons (Fsp3) is 0.577. The van der Waals surface area contributed by atoms with E-state index in [0.717, 1.165) is 82.6 Å². The van der Waals surface area contributed by atoms with E-state index in [2.05, 4.69) is 26.6 Å². The summed E-state index contributed by atoms with van der Waals surface area (Å²) in [5, 5.41) is 7.42. The van der Waals surface area contributed by atoms with E-state index in [1.807, 2.05) is 13.0 Å². The number of fused-ring (bicyclic) bond motifs is 1. The highest BCUT2D eigenvalue weighted by atomic mass is 16.1. The molecule has 2 aliphatic heterocycles. The van der Waals surface area contributed by atoms with Gasteiger partial charge in [0.2, 0.25) is 5.95 Å². The molecule has 1 saturated heterocycles. The smallest absolute Gasteiger partial charge is 0.263 e. The van der Waals surface area contributed by atoms with Crippen molar-refractivity contribution < 1.29 is 4.79 Å². The average Bonchev–Trinajstić information content (AvgIpc) is 3.28. The van der Waals surface area contributed by atoms with Crippen molar-refractivity contribution in [1.29, 1.82) is 0 Å². The first kappa shape index (κ1) is 23.8. The van der Waals surface area contributed by atoms with E-state index in [-0.39, 0.29) is 22.9 Å². The molecule has 0 amide bonds. The molecule has 2 aromatic rings. The number of anilines is 1. The molecule has 1 unspecified atom stereocenters. The molecule has 186 valence electrons. The standard InChI is InChI=1S/C26H35N7O2/c1-17-21-15-29-26(30-22-8-7-19(9-10-28-22)16-32-13-11-27-12-14-32)31-24(21)33(20-5-3-4-6-20)25(35)23(17)18(2)34/h7-8,15,19-20,27H,3-6,9-14,16H2,1-2H3,(H,28,29,30,31). The number of aromatic nitrogens is 3. The van der Waals surface area contributed by atoms with E-state index in [1.165, 1.54) is 6.92 Å². The largest absolute Gasteiger partial charge is 0.314 e. The molecular formula is C26H35N7O2. The van der Waals surface area contributed by atoms with Crippen molar-refractivity contribution >= 4 is 28.6 Å². The number of Topliss-reactive ketones (excluding diaryl/α,β-unsaturated/α-hetero) is 1. The average molecular weight is 478 g/mol. The summed E-state index contributed by atoms with van der Waals surface area (Å²) in [6.07, 6.45) is 11.0. The Labute approximate surface area is 205 Å². The lowest BCUT2D eigenvalue weighted by atomic mass is 10.0. The van der Waals surface area contributed by atoms with E-state index in [9.17, 15) is 9.59 Å². The lowest BCUT2D eigenvalue weighted by molar-refractivity contribution is 0.101. The van der Waals surface area contributed by atoms with Crippen LogP contribution in [0.25, 0.3) is 11.0 Å². The summed E-state index contributed by atoms with van der Waals surface area (Å²) in [7, 11) is 0. The fourth-order valence-electron chi connectivity index (χ4n) is 5.61. The second kappa shape index (κ2) is 10.4. The van der Waals surface area contributed by atoms with Crippen molar-refractivity contribution in [3.05, 3.63) is 39.8 Å². The van der Waals surface area contributed by atoms with Gasteiger partial charge in [-0.2, -0.15) is 4.98 Å². The second-order valence-electron chi connectivity index (χ2n) is 9.95. The second-order valence-corrected chi connectivity index (χ2v) is 9.95. The Morgan fingerprint density at radius 2 is 1.97 bits per heavy atom. The first-order valence-electron chi connectivity index (χ1n) is 12.9. The van der Waals surface area contributed by atoms with E-state index in [4.69, 9.17) is 9.98 Å². The molecule has 1 saturated carbocycles. The van der Waals surface area contributed by atoms with Gasteiger partial charge in [0.25, 0.3) is 5.56 Å². The van der Waals surface area contributed by atoms with Gasteiger partial charge in [-0.15, -0.1) is 0 Å². The predicted octanol–water partition coefficient (Wildman–Crippen LogP) is 2.71. The quantitative estimate of drug-likeness (QED) is 0.638. The number of ketones is 1. The number of carbonyl (C=O) groups excluding carboxylic acids is 1. The van der Waals surface area contributed by atoms with Crippen LogP contribution in [-0.2, 0) is 0 Å². The molecule has 35 heavy (non-hydrogen) atoms. The van der Waals surface area contributed by atoms with Gasteiger partial charge in [-0.3, -0.25) is 19.1 Å². The molecule has 0 radical (unpaired) electrons. The van der Waals surface area contributed by atoms with Crippen LogP contribution in [0.15, 0.2) is 28.1 Å².